The highest BCUT2D eigenvalue weighted by molar-refractivity contribution is 5.92. The second kappa shape index (κ2) is 4.01. The molecule has 0 radical (unpaired) electrons. The molecule has 0 aromatic heterocycles. The van der Waals surface area contributed by atoms with Crippen LogP contribution in [-0.2, 0) is 4.79 Å². The highest BCUT2D eigenvalue weighted by atomic mass is 16.2. The van der Waals surface area contributed by atoms with Crippen LogP contribution in [-0.4, -0.2) is 13.0 Å². The highest BCUT2D eigenvalue weighted by Crippen LogP contribution is 2.85. The predicted octanol–water partition coefficient (Wildman–Crippen LogP) is 3.42. The normalized spacial score (nSPS) is 36.6. The number of carbonyl (C=O) groups excluding carboxylic acids is 1. The molecule has 0 spiro atoms. The van der Waals surface area contributed by atoms with Gasteiger partial charge >= 0.3 is 0 Å². The Labute approximate surface area is 130 Å². The molecule has 2 saturated carbocycles. The number of fused-ring (bicyclic) bond motifs is 4. The second-order valence-corrected chi connectivity index (χ2v) is 6.95. The average Bonchev–Trinajstić information content (AvgIpc) is 3.03. The standard InChI is InChI=1S/C20H19NO/c1-21-19(22)20-16(12-7-3-2-4-8-12)11-15-13-9-5-6-10-14(13)17(20)18(15)20/h2-10,15-18H,11H2,1H3,(H,21,22)/t15-,16+,17+,18-,20?/m0/s1. The minimum atomic E-state index is -0.199. The van der Waals surface area contributed by atoms with Gasteiger partial charge in [-0.2, -0.15) is 0 Å². The molecule has 3 aliphatic carbocycles. The molecule has 0 heterocycles. The predicted molar refractivity (Wildman–Crippen MR) is 85.7 cm³/mol. The third-order valence-corrected chi connectivity index (χ3v) is 6.37. The van der Waals surface area contributed by atoms with E-state index in [1.54, 1.807) is 7.05 Å². The van der Waals surface area contributed by atoms with E-state index in [-0.39, 0.29) is 11.3 Å². The number of benzene rings is 2. The maximum Gasteiger partial charge on any atom is 0.227 e. The average molecular weight is 289 g/mol. The van der Waals surface area contributed by atoms with Crippen molar-refractivity contribution >= 4 is 5.91 Å². The van der Waals surface area contributed by atoms with Crippen LogP contribution in [0.3, 0.4) is 0 Å². The van der Waals surface area contributed by atoms with E-state index in [1.165, 1.54) is 16.7 Å². The Balaban J connectivity index is 1.68. The van der Waals surface area contributed by atoms with Crippen molar-refractivity contribution in [2.75, 3.05) is 7.05 Å². The SMILES string of the molecule is CNC(=O)C12[C@@H]3[C@H]1c1ccccc1[C@@H]3C[C@@H]2c1ccccc1. The Morgan fingerprint density at radius 1 is 1.05 bits per heavy atom. The molecular weight excluding hydrogens is 270 g/mol. The van der Waals surface area contributed by atoms with Crippen molar-refractivity contribution in [3.8, 4) is 0 Å². The summed E-state index contributed by atoms with van der Waals surface area (Å²) in [5.74, 6) is 2.08. The van der Waals surface area contributed by atoms with Crippen LogP contribution < -0.4 is 5.32 Å². The first-order valence-corrected chi connectivity index (χ1v) is 8.16. The largest absolute Gasteiger partial charge is 0.359 e. The first-order chi connectivity index (χ1) is 10.8. The number of rotatable bonds is 2. The van der Waals surface area contributed by atoms with Gasteiger partial charge in [-0.25, -0.2) is 0 Å². The van der Waals surface area contributed by atoms with Gasteiger partial charge in [0.05, 0.1) is 5.41 Å². The van der Waals surface area contributed by atoms with Gasteiger partial charge < -0.3 is 5.32 Å². The van der Waals surface area contributed by atoms with E-state index < -0.39 is 0 Å². The molecule has 2 aromatic rings. The summed E-state index contributed by atoms with van der Waals surface area (Å²) in [6, 6.07) is 19.4. The molecule has 0 bridgehead atoms. The highest BCUT2D eigenvalue weighted by Gasteiger charge is 2.81. The minimum Gasteiger partial charge on any atom is -0.359 e. The van der Waals surface area contributed by atoms with Gasteiger partial charge in [-0.1, -0.05) is 54.6 Å². The first kappa shape index (κ1) is 12.5. The lowest BCUT2D eigenvalue weighted by atomic mass is 9.80. The van der Waals surface area contributed by atoms with Crippen molar-refractivity contribution < 1.29 is 4.79 Å². The van der Waals surface area contributed by atoms with E-state index in [9.17, 15) is 4.79 Å². The zero-order valence-corrected chi connectivity index (χ0v) is 12.6. The molecule has 3 aliphatic rings. The van der Waals surface area contributed by atoms with E-state index in [0.29, 0.717) is 23.7 Å². The summed E-state index contributed by atoms with van der Waals surface area (Å²) >= 11 is 0. The van der Waals surface area contributed by atoms with Crippen molar-refractivity contribution in [1.29, 1.82) is 0 Å². The Morgan fingerprint density at radius 2 is 1.73 bits per heavy atom. The number of hydrogen-bond acceptors (Lipinski definition) is 1. The molecule has 2 fully saturated rings. The number of amides is 1. The summed E-state index contributed by atoms with van der Waals surface area (Å²) < 4.78 is 0. The summed E-state index contributed by atoms with van der Waals surface area (Å²) in [7, 11) is 1.78. The van der Waals surface area contributed by atoms with Crippen molar-refractivity contribution in [2.24, 2.45) is 11.3 Å². The molecular formula is C20H19NO. The molecule has 5 rings (SSSR count). The van der Waals surface area contributed by atoms with Gasteiger partial charge in [0.25, 0.3) is 0 Å². The van der Waals surface area contributed by atoms with Gasteiger partial charge in [0.15, 0.2) is 0 Å². The van der Waals surface area contributed by atoms with Crippen LogP contribution in [0.5, 0.6) is 0 Å². The molecule has 2 heteroatoms. The van der Waals surface area contributed by atoms with E-state index in [4.69, 9.17) is 0 Å². The molecule has 5 atom stereocenters. The lowest BCUT2D eigenvalue weighted by Gasteiger charge is -2.24. The maximum atomic E-state index is 12.8. The number of carbonyl (C=O) groups is 1. The van der Waals surface area contributed by atoms with E-state index >= 15 is 0 Å². The Hall–Kier alpha value is -2.09. The fraction of sp³-hybridized carbons (Fsp3) is 0.350. The van der Waals surface area contributed by atoms with Gasteiger partial charge in [-0.3, -0.25) is 4.79 Å². The van der Waals surface area contributed by atoms with E-state index in [1.807, 2.05) is 0 Å². The molecule has 1 N–H and O–H groups in total. The van der Waals surface area contributed by atoms with Crippen molar-refractivity contribution in [1.82, 2.24) is 5.32 Å². The molecule has 0 saturated heterocycles. The smallest absolute Gasteiger partial charge is 0.227 e. The first-order valence-electron chi connectivity index (χ1n) is 8.16. The zero-order valence-electron chi connectivity index (χ0n) is 12.6. The van der Waals surface area contributed by atoms with Gasteiger partial charge in [-0.15, -0.1) is 0 Å². The molecule has 2 aromatic carbocycles. The van der Waals surface area contributed by atoms with Gasteiger partial charge in [0.2, 0.25) is 5.91 Å². The fourth-order valence-corrected chi connectivity index (χ4v) is 5.71. The molecule has 110 valence electrons. The van der Waals surface area contributed by atoms with Crippen molar-refractivity contribution in [3.63, 3.8) is 0 Å². The van der Waals surface area contributed by atoms with Gasteiger partial charge in [-0.05, 0) is 40.9 Å². The molecule has 1 unspecified atom stereocenters. The minimum absolute atomic E-state index is 0.199. The Kier molecular flexibility index (Phi) is 2.27. The molecule has 2 nitrogen and oxygen atoms in total. The fourth-order valence-electron chi connectivity index (χ4n) is 5.71. The van der Waals surface area contributed by atoms with Gasteiger partial charge in [0, 0.05) is 13.0 Å². The number of hydrogen-bond donors (Lipinski definition) is 1. The quantitative estimate of drug-likeness (QED) is 0.902. The topological polar surface area (TPSA) is 29.1 Å². The van der Waals surface area contributed by atoms with Crippen LogP contribution in [0.4, 0.5) is 0 Å². The van der Waals surface area contributed by atoms with Crippen LogP contribution in [0, 0.1) is 11.3 Å². The van der Waals surface area contributed by atoms with Gasteiger partial charge in [0.1, 0.15) is 0 Å². The summed E-state index contributed by atoms with van der Waals surface area (Å²) in [5, 5.41) is 2.97. The molecule has 22 heavy (non-hydrogen) atoms. The summed E-state index contributed by atoms with van der Waals surface area (Å²) in [6.07, 6.45) is 1.11. The lowest BCUT2D eigenvalue weighted by Crippen LogP contribution is -2.34. The monoisotopic (exact) mass is 289 g/mol. The number of nitrogens with one attached hydrogen (secondary N) is 1. The van der Waals surface area contributed by atoms with E-state index in [2.05, 4.69) is 59.9 Å². The third-order valence-electron chi connectivity index (χ3n) is 6.37. The van der Waals surface area contributed by atoms with Crippen LogP contribution in [0.2, 0.25) is 0 Å². The third kappa shape index (κ3) is 1.22. The van der Waals surface area contributed by atoms with Crippen LogP contribution >= 0.6 is 0 Å². The van der Waals surface area contributed by atoms with Crippen LogP contribution in [0.15, 0.2) is 54.6 Å². The molecule has 0 aliphatic heterocycles. The van der Waals surface area contributed by atoms with Crippen molar-refractivity contribution in [2.45, 2.75) is 24.2 Å². The van der Waals surface area contributed by atoms with Crippen LogP contribution in [0.25, 0.3) is 0 Å². The lowest BCUT2D eigenvalue weighted by molar-refractivity contribution is -0.126. The molecule has 1 amide bonds. The van der Waals surface area contributed by atoms with E-state index in [0.717, 1.165) is 6.42 Å². The Morgan fingerprint density at radius 3 is 2.45 bits per heavy atom. The Bertz CT molecular complexity index is 768. The zero-order chi connectivity index (χ0) is 14.9. The second-order valence-electron chi connectivity index (χ2n) is 6.95. The summed E-state index contributed by atoms with van der Waals surface area (Å²) in [6.45, 7) is 0. The summed E-state index contributed by atoms with van der Waals surface area (Å²) in [5.41, 5.74) is 4.05. The van der Waals surface area contributed by atoms with Crippen LogP contribution in [0.1, 0.15) is 40.9 Å². The van der Waals surface area contributed by atoms with Crippen molar-refractivity contribution in [3.05, 3.63) is 71.3 Å². The summed E-state index contributed by atoms with van der Waals surface area (Å²) in [4.78, 5) is 12.8. The maximum absolute atomic E-state index is 12.8.